The van der Waals surface area contributed by atoms with Crippen molar-refractivity contribution in [1.82, 2.24) is 4.90 Å². The summed E-state index contributed by atoms with van der Waals surface area (Å²) in [5.41, 5.74) is 0. The van der Waals surface area contributed by atoms with Crippen molar-refractivity contribution in [3.63, 3.8) is 0 Å². The van der Waals surface area contributed by atoms with Gasteiger partial charge in [0.15, 0.2) is 0 Å². The van der Waals surface area contributed by atoms with E-state index in [9.17, 15) is 9.90 Å². The number of piperidine rings is 1. The minimum atomic E-state index is -0.590. The number of β-amino-alcohol motifs (C(OH)–C–C–N with tert-alkyl or cyclic N) is 1. The second kappa shape index (κ2) is 6.86. The van der Waals surface area contributed by atoms with E-state index in [1.165, 1.54) is 12.8 Å². The normalized spacial score (nSPS) is 20.7. The van der Waals surface area contributed by atoms with E-state index in [1.54, 1.807) is 6.92 Å². The Morgan fingerprint density at radius 3 is 2.69 bits per heavy atom. The molecule has 1 saturated heterocycles. The minimum absolute atomic E-state index is 0.111. The summed E-state index contributed by atoms with van der Waals surface area (Å²) in [6.45, 7) is 7.06. The highest BCUT2D eigenvalue weighted by molar-refractivity contribution is 5.69. The molecule has 4 heteroatoms. The molecular weight excluding hydrogens is 206 g/mol. The standard InChI is InChI=1S/C12H23NO3/c1-3-16-12(15)8-11(14)9-13-6-4-10(2)5-7-13/h10-11,14H,3-9H2,1-2H3. The van der Waals surface area contributed by atoms with Gasteiger partial charge in [-0.3, -0.25) is 4.79 Å². The average Bonchev–Trinajstić information content (AvgIpc) is 2.21. The molecule has 0 saturated carbocycles. The molecule has 0 aliphatic carbocycles. The van der Waals surface area contributed by atoms with Gasteiger partial charge in [-0.2, -0.15) is 0 Å². The largest absolute Gasteiger partial charge is 0.466 e. The Kier molecular flexibility index (Phi) is 5.77. The minimum Gasteiger partial charge on any atom is -0.466 e. The number of likely N-dealkylation sites (tertiary alicyclic amines) is 1. The monoisotopic (exact) mass is 229 g/mol. The van der Waals surface area contributed by atoms with Gasteiger partial charge in [-0.1, -0.05) is 6.92 Å². The summed E-state index contributed by atoms with van der Waals surface area (Å²) >= 11 is 0. The zero-order chi connectivity index (χ0) is 12.0. The first-order valence-corrected chi connectivity index (χ1v) is 6.17. The third-order valence-electron chi connectivity index (χ3n) is 3.05. The Morgan fingerprint density at radius 2 is 2.12 bits per heavy atom. The van der Waals surface area contributed by atoms with Crippen LogP contribution in [-0.4, -0.2) is 48.3 Å². The molecule has 1 aliphatic heterocycles. The van der Waals surface area contributed by atoms with E-state index >= 15 is 0 Å². The lowest BCUT2D eigenvalue weighted by atomic mass is 9.99. The van der Waals surface area contributed by atoms with Gasteiger partial charge in [0, 0.05) is 6.54 Å². The van der Waals surface area contributed by atoms with Gasteiger partial charge in [0.1, 0.15) is 0 Å². The van der Waals surface area contributed by atoms with E-state index in [0.717, 1.165) is 19.0 Å². The number of aliphatic hydroxyl groups is 1. The smallest absolute Gasteiger partial charge is 0.308 e. The van der Waals surface area contributed by atoms with Gasteiger partial charge in [-0.25, -0.2) is 0 Å². The van der Waals surface area contributed by atoms with Crippen LogP contribution in [0.25, 0.3) is 0 Å². The number of hydrogen-bond donors (Lipinski definition) is 1. The van der Waals surface area contributed by atoms with E-state index in [2.05, 4.69) is 11.8 Å². The number of rotatable bonds is 5. The van der Waals surface area contributed by atoms with Crippen molar-refractivity contribution >= 4 is 5.97 Å². The highest BCUT2D eigenvalue weighted by Crippen LogP contribution is 2.16. The second-order valence-corrected chi connectivity index (χ2v) is 4.65. The molecule has 4 nitrogen and oxygen atoms in total. The molecule has 0 aromatic heterocycles. The van der Waals surface area contributed by atoms with Crippen molar-refractivity contribution in [2.45, 2.75) is 39.2 Å². The summed E-state index contributed by atoms with van der Waals surface area (Å²) in [4.78, 5) is 13.4. The molecule has 0 radical (unpaired) electrons. The number of nitrogens with zero attached hydrogens (tertiary/aromatic N) is 1. The molecule has 1 rings (SSSR count). The summed E-state index contributed by atoms with van der Waals surface area (Å²) < 4.78 is 4.80. The Balaban J connectivity index is 2.18. The fourth-order valence-corrected chi connectivity index (χ4v) is 2.02. The number of carbonyl (C=O) groups excluding carboxylic acids is 1. The molecule has 1 N–H and O–H groups in total. The second-order valence-electron chi connectivity index (χ2n) is 4.65. The predicted molar refractivity (Wildman–Crippen MR) is 62.1 cm³/mol. The molecule has 0 spiro atoms. The van der Waals surface area contributed by atoms with E-state index in [4.69, 9.17) is 4.74 Å². The summed E-state index contributed by atoms with van der Waals surface area (Å²) in [5, 5.41) is 9.72. The summed E-state index contributed by atoms with van der Waals surface area (Å²) in [7, 11) is 0. The lowest BCUT2D eigenvalue weighted by molar-refractivity contribution is -0.145. The number of hydrogen-bond acceptors (Lipinski definition) is 4. The summed E-state index contributed by atoms with van der Waals surface area (Å²) in [6, 6.07) is 0. The third-order valence-corrected chi connectivity index (χ3v) is 3.05. The predicted octanol–water partition coefficient (Wildman–Crippen LogP) is 1.03. The van der Waals surface area contributed by atoms with E-state index in [-0.39, 0.29) is 12.4 Å². The number of carbonyl (C=O) groups is 1. The van der Waals surface area contributed by atoms with Gasteiger partial charge in [0.25, 0.3) is 0 Å². The van der Waals surface area contributed by atoms with Crippen LogP contribution in [0.2, 0.25) is 0 Å². The van der Waals surface area contributed by atoms with Crippen LogP contribution in [0.1, 0.15) is 33.1 Å². The molecular formula is C12H23NO3. The van der Waals surface area contributed by atoms with Crippen molar-refractivity contribution in [2.24, 2.45) is 5.92 Å². The van der Waals surface area contributed by atoms with Crippen molar-refractivity contribution < 1.29 is 14.6 Å². The first-order chi connectivity index (χ1) is 7.61. The van der Waals surface area contributed by atoms with Crippen LogP contribution in [0.15, 0.2) is 0 Å². The van der Waals surface area contributed by atoms with Crippen molar-refractivity contribution in [2.75, 3.05) is 26.2 Å². The zero-order valence-corrected chi connectivity index (χ0v) is 10.3. The lowest BCUT2D eigenvalue weighted by Crippen LogP contribution is -2.39. The van der Waals surface area contributed by atoms with Crippen LogP contribution < -0.4 is 0 Å². The SMILES string of the molecule is CCOC(=O)CC(O)CN1CCC(C)CC1. The van der Waals surface area contributed by atoms with Crippen LogP contribution in [-0.2, 0) is 9.53 Å². The highest BCUT2D eigenvalue weighted by Gasteiger charge is 2.19. The van der Waals surface area contributed by atoms with E-state index in [0.29, 0.717) is 13.2 Å². The first kappa shape index (κ1) is 13.5. The van der Waals surface area contributed by atoms with Crippen molar-refractivity contribution in [3.8, 4) is 0 Å². The van der Waals surface area contributed by atoms with Crippen LogP contribution in [0, 0.1) is 5.92 Å². The fraction of sp³-hybridized carbons (Fsp3) is 0.917. The molecule has 0 aromatic rings. The Hall–Kier alpha value is -0.610. The average molecular weight is 229 g/mol. The zero-order valence-electron chi connectivity index (χ0n) is 10.3. The molecule has 1 fully saturated rings. The summed E-state index contributed by atoms with van der Waals surface area (Å²) in [6.07, 6.45) is 1.89. The van der Waals surface area contributed by atoms with Crippen LogP contribution in [0.4, 0.5) is 0 Å². The number of esters is 1. The third kappa shape index (κ3) is 4.94. The topological polar surface area (TPSA) is 49.8 Å². The molecule has 16 heavy (non-hydrogen) atoms. The maximum atomic E-state index is 11.1. The number of ether oxygens (including phenoxy) is 1. The van der Waals surface area contributed by atoms with Crippen LogP contribution in [0.5, 0.6) is 0 Å². The van der Waals surface area contributed by atoms with Gasteiger partial charge < -0.3 is 14.7 Å². The molecule has 0 aromatic carbocycles. The Morgan fingerprint density at radius 1 is 1.50 bits per heavy atom. The molecule has 0 amide bonds. The van der Waals surface area contributed by atoms with Gasteiger partial charge >= 0.3 is 5.97 Å². The lowest BCUT2D eigenvalue weighted by Gasteiger charge is -2.31. The maximum Gasteiger partial charge on any atom is 0.308 e. The molecule has 1 atom stereocenters. The van der Waals surface area contributed by atoms with Gasteiger partial charge in [-0.15, -0.1) is 0 Å². The molecule has 1 heterocycles. The Labute approximate surface area is 97.6 Å². The van der Waals surface area contributed by atoms with Crippen molar-refractivity contribution in [1.29, 1.82) is 0 Å². The van der Waals surface area contributed by atoms with E-state index < -0.39 is 6.10 Å². The highest BCUT2D eigenvalue weighted by atomic mass is 16.5. The molecule has 1 aliphatic rings. The van der Waals surface area contributed by atoms with Gasteiger partial charge in [-0.05, 0) is 38.8 Å². The van der Waals surface area contributed by atoms with Crippen LogP contribution >= 0.6 is 0 Å². The van der Waals surface area contributed by atoms with Crippen LogP contribution in [0.3, 0.4) is 0 Å². The quantitative estimate of drug-likeness (QED) is 0.715. The molecule has 1 unspecified atom stereocenters. The van der Waals surface area contributed by atoms with E-state index in [1.807, 2.05) is 0 Å². The van der Waals surface area contributed by atoms with Crippen molar-refractivity contribution in [3.05, 3.63) is 0 Å². The summed E-state index contributed by atoms with van der Waals surface area (Å²) in [5.74, 6) is 0.485. The maximum absolute atomic E-state index is 11.1. The molecule has 94 valence electrons. The number of aliphatic hydroxyl groups excluding tert-OH is 1. The van der Waals surface area contributed by atoms with Gasteiger partial charge in [0.2, 0.25) is 0 Å². The fourth-order valence-electron chi connectivity index (χ4n) is 2.02. The van der Waals surface area contributed by atoms with Gasteiger partial charge in [0.05, 0.1) is 19.1 Å². The molecule has 0 bridgehead atoms. The Bertz CT molecular complexity index is 212. The first-order valence-electron chi connectivity index (χ1n) is 6.17.